The number of nitrogens with zero attached hydrogens (tertiary/aromatic N) is 3. The van der Waals surface area contributed by atoms with Crippen LogP contribution in [0.2, 0.25) is 5.02 Å². The molecule has 1 aromatic heterocycles. The molecule has 3 rings (SSSR count). The van der Waals surface area contributed by atoms with Crippen LogP contribution in [0.25, 0.3) is 0 Å². The van der Waals surface area contributed by atoms with E-state index in [2.05, 4.69) is 32.5 Å². The average molecular weight is 529 g/mol. The molecule has 0 aliphatic heterocycles. The molecule has 0 unspecified atom stereocenters. The zero-order valence-corrected chi connectivity index (χ0v) is 22.4. The number of hydrogen-bond acceptors (Lipinski definition) is 8. The van der Waals surface area contributed by atoms with E-state index in [1.165, 1.54) is 12.3 Å². The first-order valence-electron chi connectivity index (χ1n) is 11.1. The quantitative estimate of drug-likeness (QED) is 0.237. The number of rotatable bonds is 11. The van der Waals surface area contributed by atoms with Crippen molar-refractivity contribution in [2.75, 3.05) is 56.5 Å². The minimum absolute atomic E-state index is 0.250. The molecule has 9 nitrogen and oxygen atoms in total. The van der Waals surface area contributed by atoms with Gasteiger partial charge in [-0.3, -0.25) is 4.79 Å². The number of hydrogen-bond donors (Lipinski definition) is 3. The summed E-state index contributed by atoms with van der Waals surface area (Å²) in [6.07, 6.45) is 2.66. The van der Waals surface area contributed by atoms with Gasteiger partial charge >= 0.3 is 0 Å². The highest BCUT2D eigenvalue weighted by molar-refractivity contribution is 7.70. The molecule has 0 aliphatic carbocycles. The van der Waals surface area contributed by atoms with E-state index in [0.717, 1.165) is 6.54 Å². The lowest BCUT2D eigenvalue weighted by atomic mass is 10.2. The highest BCUT2D eigenvalue weighted by Gasteiger charge is 2.17. The monoisotopic (exact) mass is 528 g/mol. The molecular weight excluding hydrogens is 499 g/mol. The van der Waals surface area contributed by atoms with E-state index >= 15 is 0 Å². The third kappa shape index (κ3) is 7.55. The van der Waals surface area contributed by atoms with Crippen molar-refractivity contribution in [3.63, 3.8) is 0 Å². The number of ether oxygens (including phenoxy) is 1. The van der Waals surface area contributed by atoms with Crippen LogP contribution in [0.15, 0.2) is 61.3 Å². The normalized spacial score (nSPS) is 11.2. The lowest BCUT2D eigenvalue weighted by Crippen LogP contribution is -2.19. The minimum atomic E-state index is -2.55. The number of halogens is 1. The van der Waals surface area contributed by atoms with Crippen molar-refractivity contribution in [2.45, 2.75) is 0 Å². The van der Waals surface area contributed by atoms with Gasteiger partial charge in [0.2, 0.25) is 11.9 Å². The van der Waals surface area contributed by atoms with Gasteiger partial charge in [-0.2, -0.15) is 4.98 Å². The van der Waals surface area contributed by atoms with E-state index in [0.29, 0.717) is 45.6 Å². The van der Waals surface area contributed by atoms with Gasteiger partial charge in [-0.25, -0.2) is 4.98 Å². The van der Waals surface area contributed by atoms with Crippen molar-refractivity contribution in [1.82, 2.24) is 14.9 Å². The third-order valence-electron chi connectivity index (χ3n) is 4.96. The molecule has 0 saturated heterocycles. The van der Waals surface area contributed by atoms with Crippen LogP contribution in [-0.4, -0.2) is 61.4 Å². The SMILES string of the molecule is C=CC(=O)Nc1ccc(OCCN(C)C)c(Nc2ncc(Cl)c(Nc3ccccc3P(C)(C)=O)n2)c1. The van der Waals surface area contributed by atoms with E-state index in [4.69, 9.17) is 16.3 Å². The summed E-state index contributed by atoms with van der Waals surface area (Å²) in [5.41, 5.74) is 1.75. The van der Waals surface area contributed by atoms with Crippen LogP contribution < -0.4 is 26.0 Å². The van der Waals surface area contributed by atoms with Crippen molar-refractivity contribution in [2.24, 2.45) is 0 Å². The molecule has 0 aliphatic rings. The molecule has 0 spiro atoms. The number of amides is 1. The highest BCUT2D eigenvalue weighted by atomic mass is 35.5. The predicted octanol–water partition coefficient (Wildman–Crippen LogP) is 4.93. The maximum atomic E-state index is 12.7. The number of benzene rings is 2. The number of para-hydroxylation sites is 1. The zero-order valence-electron chi connectivity index (χ0n) is 20.7. The summed E-state index contributed by atoms with van der Waals surface area (Å²) in [5.74, 6) is 0.825. The highest BCUT2D eigenvalue weighted by Crippen LogP contribution is 2.39. The van der Waals surface area contributed by atoms with Gasteiger partial charge in [0.25, 0.3) is 0 Å². The summed E-state index contributed by atoms with van der Waals surface area (Å²) in [7, 11) is 1.37. The Labute approximate surface area is 216 Å². The Balaban J connectivity index is 1.92. The molecule has 11 heteroatoms. The molecule has 0 bridgehead atoms. The predicted molar refractivity (Wildman–Crippen MR) is 148 cm³/mol. The van der Waals surface area contributed by atoms with E-state index < -0.39 is 7.14 Å². The van der Waals surface area contributed by atoms with Gasteiger partial charge in [0.1, 0.15) is 24.5 Å². The Morgan fingerprint density at radius 1 is 1.17 bits per heavy atom. The van der Waals surface area contributed by atoms with Crippen molar-refractivity contribution < 1.29 is 14.1 Å². The second-order valence-electron chi connectivity index (χ2n) is 8.56. The van der Waals surface area contributed by atoms with Gasteiger partial charge in [-0.1, -0.05) is 30.3 Å². The smallest absolute Gasteiger partial charge is 0.247 e. The topological polar surface area (TPSA) is 108 Å². The second kappa shape index (κ2) is 12.0. The molecule has 0 saturated carbocycles. The van der Waals surface area contributed by atoms with Crippen LogP contribution in [-0.2, 0) is 9.36 Å². The van der Waals surface area contributed by atoms with E-state index in [1.54, 1.807) is 31.5 Å². The van der Waals surface area contributed by atoms with Gasteiger partial charge in [0.05, 0.1) is 17.6 Å². The number of carbonyl (C=O) groups excluding carboxylic acids is 1. The standard InChI is InChI=1S/C25H30ClN6O3P/c1-6-23(33)28-17-11-12-21(35-14-13-32(2)3)20(15-17)30-25-27-16-18(26)24(31-25)29-19-9-7-8-10-22(19)36(4,5)34/h6-12,15-16H,1,13-14H2,2-5H3,(H,28,33)(H2,27,29,30,31). The fourth-order valence-electron chi connectivity index (χ4n) is 3.17. The summed E-state index contributed by atoms with van der Waals surface area (Å²) >= 11 is 6.37. The summed E-state index contributed by atoms with van der Waals surface area (Å²) in [4.78, 5) is 22.6. The number of anilines is 5. The van der Waals surface area contributed by atoms with Gasteiger partial charge in [-0.15, -0.1) is 0 Å². The minimum Gasteiger partial charge on any atom is -0.490 e. The lowest BCUT2D eigenvalue weighted by molar-refractivity contribution is -0.111. The lowest BCUT2D eigenvalue weighted by Gasteiger charge is -2.17. The molecule has 3 N–H and O–H groups in total. The van der Waals surface area contributed by atoms with Crippen LogP contribution in [0.3, 0.4) is 0 Å². The number of nitrogens with one attached hydrogen (secondary N) is 3. The Bertz CT molecular complexity index is 1290. The summed E-state index contributed by atoms with van der Waals surface area (Å²) in [6.45, 7) is 8.07. The van der Waals surface area contributed by atoms with Crippen LogP contribution >= 0.6 is 18.7 Å². The van der Waals surface area contributed by atoms with E-state index in [1.807, 2.05) is 43.3 Å². The molecule has 1 amide bonds. The Morgan fingerprint density at radius 2 is 1.92 bits per heavy atom. The van der Waals surface area contributed by atoms with Gasteiger partial charge in [0, 0.05) is 17.5 Å². The molecule has 190 valence electrons. The van der Waals surface area contributed by atoms with Gasteiger partial charge in [0.15, 0.2) is 5.82 Å². The van der Waals surface area contributed by atoms with Crippen LogP contribution in [0.4, 0.5) is 28.8 Å². The molecule has 36 heavy (non-hydrogen) atoms. The molecule has 1 heterocycles. The number of aromatic nitrogens is 2. The summed E-state index contributed by atoms with van der Waals surface area (Å²) in [5, 5.41) is 10.0. The Kier molecular flexibility index (Phi) is 9.09. The van der Waals surface area contributed by atoms with Crippen LogP contribution in [0.5, 0.6) is 5.75 Å². The first kappa shape index (κ1) is 27.2. The van der Waals surface area contributed by atoms with Crippen LogP contribution in [0.1, 0.15) is 0 Å². The maximum absolute atomic E-state index is 12.7. The summed E-state index contributed by atoms with van der Waals surface area (Å²) in [6, 6.07) is 12.5. The van der Waals surface area contributed by atoms with E-state index in [-0.39, 0.29) is 11.9 Å². The molecule has 0 atom stereocenters. The maximum Gasteiger partial charge on any atom is 0.247 e. The first-order chi connectivity index (χ1) is 17.1. The molecule has 0 radical (unpaired) electrons. The third-order valence-corrected chi connectivity index (χ3v) is 6.78. The fourth-order valence-corrected chi connectivity index (χ4v) is 4.47. The van der Waals surface area contributed by atoms with E-state index in [9.17, 15) is 9.36 Å². The first-order valence-corrected chi connectivity index (χ1v) is 14.1. The van der Waals surface area contributed by atoms with Crippen LogP contribution in [0, 0.1) is 0 Å². The Hall–Kier alpha value is -3.39. The summed E-state index contributed by atoms with van der Waals surface area (Å²) < 4.78 is 18.7. The van der Waals surface area contributed by atoms with Crippen molar-refractivity contribution >= 4 is 58.8 Å². The molecule has 2 aromatic carbocycles. The van der Waals surface area contributed by atoms with Crippen molar-refractivity contribution in [1.29, 1.82) is 0 Å². The largest absolute Gasteiger partial charge is 0.490 e. The average Bonchev–Trinajstić information content (AvgIpc) is 2.82. The zero-order chi connectivity index (χ0) is 26.3. The molecule has 0 fully saturated rings. The van der Waals surface area contributed by atoms with Gasteiger partial charge in [-0.05, 0) is 63.8 Å². The Morgan fingerprint density at radius 3 is 2.61 bits per heavy atom. The molecular formula is C25H30ClN6O3P. The van der Waals surface area contributed by atoms with Crippen molar-refractivity contribution in [3.05, 3.63) is 66.3 Å². The molecule has 3 aromatic rings. The number of likely N-dealkylation sites (N-methyl/N-ethyl adjacent to an activating group) is 1. The second-order valence-corrected chi connectivity index (χ2v) is 12.2. The number of carbonyl (C=O) groups is 1. The van der Waals surface area contributed by atoms with Crippen molar-refractivity contribution in [3.8, 4) is 5.75 Å². The van der Waals surface area contributed by atoms with Gasteiger partial charge < -0.3 is 30.2 Å². The fraction of sp³-hybridized carbons (Fsp3) is 0.240.